The number of carbonyl (C=O) groups excluding carboxylic acids is 1. The molecule has 2 heterocycles. The molecule has 0 aliphatic rings. The molecule has 0 saturated carbocycles. The summed E-state index contributed by atoms with van der Waals surface area (Å²) < 4.78 is 38.2. The molecular weight excluding hydrogens is 335 g/mol. The van der Waals surface area contributed by atoms with Gasteiger partial charge in [-0.25, -0.2) is 4.98 Å². The van der Waals surface area contributed by atoms with Crippen LogP contribution in [0.4, 0.5) is 19.0 Å². The molecule has 0 aliphatic carbocycles. The van der Waals surface area contributed by atoms with Crippen LogP contribution in [0.3, 0.4) is 0 Å². The van der Waals surface area contributed by atoms with Crippen LogP contribution in [0.5, 0.6) is 0 Å². The zero-order valence-electron chi connectivity index (χ0n) is 12.9. The lowest BCUT2D eigenvalue weighted by Crippen LogP contribution is -2.23. The number of benzene rings is 1. The van der Waals surface area contributed by atoms with Crippen LogP contribution in [0.2, 0.25) is 0 Å². The van der Waals surface area contributed by atoms with E-state index >= 15 is 0 Å². The molecule has 0 aliphatic heterocycles. The van der Waals surface area contributed by atoms with Gasteiger partial charge in [-0.3, -0.25) is 9.59 Å². The van der Waals surface area contributed by atoms with Crippen molar-refractivity contribution in [2.24, 2.45) is 0 Å². The number of amides is 1. The Morgan fingerprint density at radius 3 is 2.68 bits per heavy atom. The van der Waals surface area contributed by atoms with E-state index in [1.165, 1.54) is 6.20 Å². The molecule has 0 unspecified atom stereocenters. The molecule has 2 aromatic heterocycles. The van der Waals surface area contributed by atoms with Gasteiger partial charge in [0.1, 0.15) is 11.4 Å². The minimum Gasteiger partial charge on any atom is -0.360 e. The molecule has 1 aromatic carbocycles. The number of aromatic amines is 1. The van der Waals surface area contributed by atoms with E-state index in [-0.39, 0.29) is 16.5 Å². The number of pyridine rings is 2. The number of alkyl halides is 3. The third-order valence-electron chi connectivity index (χ3n) is 3.69. The van der Waals surface area contributed by atoms with Crippen LogP contribution >= 0.6 is 0 Å². The van der Waals surface area contributed by atoms with E-state index in [1.807, 2.05) is 0 Å². The van der Waals surface area contributed by atoms with Crippen LogP contribution in [0.25, 0.3) is 10.9 Å². The third kappa shape index (κ3) is 3.23. The van der Waals surface area contributed by atoms with Crippen molar-refractivity contribution >= 4 is 22.6 Å². The number of anilines is 1. The predicted octanol–water partition coefficient (Wildman–Crippen LogP) is 3.50. The van der Waals surface area contributed by atoms with Crippen LogP contribution in [0.1, 0.15) is 21.5 Å². The first-order chi connectivity index (χ1) is 11.8. The summed E-state index contributed by atoms with van der Waals surface area (Å²) >= 11 is 0. The Balaban J connectivity index is 2.00. The van der Waals surface area contributed by atoms with Crippen LogP contribution in [-0.2, 0) is 6.18 Å². The summed E-state index contributed by atoms with van der Waals surface area (Å²) in [6, 6.07) is 6.14. The predicted molar refractivity (Wildman–Crippen MR) is 86.5 cm³/mol. The smallest absolute Gasteiger partial charge is 0.360 e. The summed E-state index contributed by atoms with van der Waals surface area (Å²) in [5.74, 6) is -0.385. The fraction of sp³-hybridized carbons (Fsp3) is 0.118. The minimum absolute atomic E-state index is 0.00149. The number of nitrogens with one attached hydrogen (secondary N) is 2. The van der Waals surface area contributed by atoms with Crippen LogP contribution in [0, 0.1) is 6.92 Å². The van der Waals surface area contributed by atoms with Gasteiger partial charge in [-0.2, -0.15) is 13.2 Å². The molecule has 2 N–H and O–H groups in total. The standard InChI is InChI=1S/C17H12F3N3O2/c1-9-3-2-6-21-15(9)23-16(25)12-8-22-13-7-10(17(18,19)20)4-5-11(13)14(12)24/h2-8H,1H3,(H,22,24)(H,21,23,25). The van der Waals surface area contributed by atoms with Crippen molar-refractivity contribution in [1.29, 1.82) is 0 Å². The summed E-state index contributed by atoms with van der Waals surface area (Å²) in [5.41, 5.74) is -1.03. The molecule has 0 saturated heterocycles. The van der Waals surface area contributed by atoms with Gasteiger partial charge in [0.25, 0.3) is 5.91 Å². The lowest BCUT2D eigenvalue weighted by molar-refractivity contribution is -0.137. The van der Waals surface area contributed by atoms with E-state index in [9.17, 15) is 22.8 Å². The zero-order chi connectivity index (χ0) is 18.2. The van der Waals surface area contributed by atoms with Crippen molar-refractivity contribution < 1.29 is 18.0 Å². The first kappa shape index (κ1) is 16.7. The van der Waals surface area contributed by atoms with Crippen molar-refractivity contribution in [2.75, 3.05) is 5.32 Å². The normalized spacial score (nSPS) is 11.5. The number of hydrogen-bond donors (Lipinski definition) is 2. The monoisotopic (exact) mass is 347 g/mol. The number of aromatic nitrogens is 2. The van der Waals surface area contributed by atoms with Crippen molar-refractivity contribution in [3.05, 3.63) is 69.6 Å². The Morgan fingerprint density at radius 2 is 2.00 bits per heavy atom. The van der Waals surface area contributed by atoms with Crippen LogP contribution in [0.15, 0.2) is 47.5 Å². The first-order valence-corrected chi connectivity index (χ1v) is 7.23. The lowest BCUT2D eigenvalue weighted by Gasteiger charge is -2.09. The first-order valence-electron chi connectivity index (χ1n) is 7.23. The Hall–Kier alpha value is -3.16. The van der Waals surface area contributed by atoms with Gasteiger partial charge >= 0.3 is 6.18 Å². The molecule has 128 valence electrons. The second kappa shape index (κ2) is 6.04. The van der Waals surface area contributed by atoms with Gasteiger partial charge in [0.15, 0.2) is 0 Å². The molecule has 0 fully saturated rings. The van der Waals surface area contributed by atoms with Crippen molar-refractivity contribution in [2.45, 2.75) is 13.1 Å². The maximum absolute atomic E-state index is 12.7. The topological polar surface area (TPSA) is 74.8 Å². The molecule has 3 rings (SSSR count). The van der Waals surface area contributed by atoms with Crippen molar-refractivity contribution in [3.63, 3.8) is 0 Å². The highest BCUT2D eigenvalue weighted by molar-refractivity contribution is 6.05. The Labute approximate surface area is 139 Å². The molecule has 0 radical (unpaired) electrons. The molecule has 1 amide bonds. The van der Waals surface area contributed by atoms with Gasteiger partial charge in [-0.15, -0.1) is 0 Å². The maximum Gasteiger partial charge on any atom is 0.416 e. The highest BCUT2D eigenvalue weighted by atomic mass is 19.4. The summed E-state index contributed by atoms with van der Waals surface area (Å²) in [6.07, 6.45) is -1.93. The van der Waals surface area contributed by atoms with E-state index in [4.69, 9.17) is 0 Å². The molecule has 0 spiro atoms. The molecule has 8 heteroatoms. The SMILES string of the molecule is Cc1cccnc1NC(=O)c1c[nH]c2cc(C(F)(F)F)ccc2c1=O. The Morgan fingerprint density at radius 1 is 1.24 bits per heavy atom. The molecular formula is C17H12F3N3O2. The number of H-pyrrole nitrogens is 1. The second-order valence-electron chi connectivity index (χ2n) is 5.41. The van der Waals surface area contributed by atoms with E-state index in [0.29, 0.717) is 11.4 Å². The molecule has 3 aromatic rings. The van der Waals surface area contributed by atoms with Gasteiger partial charge in [-0.05, 0) is 36.8 Å². The van der Waals surface area contributed by atoms with Crippen molar-refractivity contribution in [3.8, 4) is 0 Å². The minimum atomic E-state index is -4.52. The van der Waals surface area contributed by atoms with E-state index in [2.05, 4.69) is 15.3 Å². The van der Waals surface area contributed by atoms with Gasteiger partial charge in [0.2, 0.25) is 5.43 Å². The fourth-order valence-electron chi connectivity index (χ4n) is 2.36. The largest absolute Gasteiger partial charge is 0.416 e. The van der Waals surface area contributed by atoms with Gasteiger partial charge in [-0.1, -0.05) is 6.07 Å². The highest BCUT2D eigenvalue weighted by Gasteiger charge is 2.30. The van der Waals surface area contributed by atoms with E-state index in [1.54, 1.807) is 19.1 Å². The number of rotatable bonds is 2. The number of hydrogen-bond acceptors (Lipinski definition) is 3. The number of nitrogens with zero attached hydrogens (tertiary/aromatic N) is 1. The summed E-state index contributed by atoms with van der Waals surface area (Å²) in [5, 5.41) is 2.52. The summed E-state index contributed by atoms with van der Waals surface area (Å²) in [7, 11) is 0. The van der Waals surface area contributed by atoms with E-state index < -0.39 is 23.1 Å². The number of aryl methyl sites for hydroxylation is 1. The lowest BCUT2D eigenvalue weighted by atomic mass is 10.1. The van der Waals surface area contributed by atoms with E-state index in [0.717, 1.165) is 24.4 Å². The Bertz CT molecular complexity index is 1030. The quantitative estimate of drug-likeness (QED) is 0.745. The molecule has 25 heavy (non-hydrogen) atoms. The van der Waals surface area contributed by atoms with Gasteiger partial charge in [0, 0.05) is 23.3 Å². The summed E-state index contributed by atoms with van der Waals surface area (Å²) in [6.45, 7) is 1.74. The number of halogens is 3. The van der Waals surface area contributed by atoms with Crippen molar-refractivity contribution in [1.82, 2.24) is 9.97 Å². The number of carbonyl (C=O) groups is 1. The number of fused-ring (bicyclic) bond motifs is 1. The zero-order valence-corrected chi connectivity index (χ0v) is 12.9. The third-order valence-corrected chi connectivity index (χ3v) is 3.69. The van der Waals surface area contributed by atoms with Crippen LogP contribution < -0.4 is 10.7 Å². The average molecular weight is 347 g/mol. The molecule has 0 atom stereocenters. The molecule has 0 bridgehead atoms. The van der Waals surface area contributed by atoms with Crippen LogP contribution in [-0.4, -0.2) is 15.9 Å². The Kier molecular flexibility index (Phi) is 4.03. The van der Waals surface area contributed by atoms with Gasteiger partial charge < -0.3 is 10.3 Å². The molecule has 5 nitrogen and oxygen atoms in total. The second-order valence-corrected chi connectivity index (χ2v) is 5.41. The average Bonchev–Trinajstić information content (AvgIpc) is 2.56. The highest BCUT2D eigenvalue weighted by Crippen LogP contribution is 2.30. The fourth-order valence-corrected chi connectivity index (χ4v) is 2.36. The van der Waals surface area contributed by atoms with Gasteiger partial charge in [0.05, 0.1) is 5.56 Å². The maximum atomic E-state index is 12.7. The summed E-state index contributed by atoms with van der Waals surface area (Å²) in [4.78, 5) is 31.3.